The Morgan fingerprint density at radius 2 is 1.48 bits per heavy atom. The van der Waals surface area contributed by atoms with Gasteiger partial charge in [-0.1, -0.05) is 65.8 Å². The molecule has 0 saturated heterocycles. The van der Waals surface area contributed by atoms with Gasteiger partial charge in [0.05, 0.1) is 13.0 Å². The summed E-state index contributed by atoms with van der Waals surface area (Å²) >= 11 is 0. The highest BCUT2D eigenvalue weighted by Crippen LogP contribution is 2.32. The van der Waals surface area contributed by atoms with E-state index in [9.17, 15) is 0 Å². The minimum Gasteiger partial charge on any atom is -0.229 e. The van der Waals surface area contributed by atoms with Gasteiger partial charge in [0, 0.05) is 5.56 Å². The van der Waals surface area contributed by atoms with Crippen LogP contribution in [-0.4, -0.2) is 4.57 Å². The third-order valence-electron chi connectivity index (χ3n) is 5.15. The van der Waals surface area contributed by atoms with Crippen LogP contribution in [-0.2, 0) is 7.05 Å². The van der Waals surface area contributed by atoms with Gasteiger partial charge in [-0.05, 0) is 35.6 Å². The molecule has 0 N–H and O–H groups in total. The first-order chi connectivity index (χ1) is 11.8. The van der Waals surface area contributed by atoms with E-state index in [1.54, 1.807) is 0 Å². The largest absolute Gasteiger partial charge is 0.264 e. The molecule has 2 nitrogen and oxygen atoms in total. The van der Waals surface area contributed by atoms with Crippen LogP contribution in [0.1, 0.15) is 76.2 Å². The lowest BCUT2D eigenvalue weighted by molar-refractivity contribution is -0.654. The van der Waals surface area contributed by atoms with Gasteiger partial charge in [0.1, 0.15) is 5.69 Å². The number of hydrogen-bond acceptors (Lipinski definition) is 0. The lowest BCUT2D eigenvalue weighted by Gasteiger charge is -2.16. The van der Waals surface area contributed by atoms with Crippen molar-refractivity contribution in [3.05, 3.63) is 59.4 Å². The minimum absolute atomic E-state index is 0.446. The molecule has 0 aliphatic carbocycles. The molecule has 0 fully saturated rings. The Kier molecular flexibility index (Phi) is 4.73. The highest BCUT2D eigenvalue weighted by molar-refractivity contribution is 5.75. The lowest BCUT2D eigenvalue weighted by atomic mass is 9.94. The Bertz CT molecular complexity index is 898. The number of benzene rings is 2. The maximum Gasteiger partial charge on any atom is 0.264 e. The van der Waals surface area contributed by atoms with Crippen LogP contribution in [0.4, 0.5) is 0 Å². The van der Waals surface area contributed by atoms with E-state index in [-0.39, 0.29) is 0 Å². The van der Waals surface area contributed by atoms with Crippen LogP contribution in [0.3, 0.4) is 0 Å². The smallest absolute Gasteiger partial charge is 0.229 e. The third kappa shape index (κ3) is 2.99. The van der Waals surface area contributed by atoms with Gasteiger partial charge in [0.25, 0.3) is 5.82 Å². The standard InChI is InChI=1S/C23H31N2/c1-15(2)18-12-13-20(19(14-18)16(3)4)25-22-11-9-8-10-21(22)24(7)23(25)17(5)6/h8-17H,1-7H3/q+1. The van der Waals surface area contributed by atoms with Crippen LogP contribution < -0.4 is 4.57 Å². The second-order valence-corrected chi connectivity index (χ2v) is 8.02. The maximum atomic E-state index is 2.47. The molecule has 3 rings (SSSR count). The van der Waals surface area contributed by atoms with Gasteiger partial charge in [0.2, 0.25) is 0 Å². The Balaban J connectivity index is 2.39. The van der Waals surface area contributed by atoms with Crippen molar-refractivity contribution in [3.8, 4) is 5.69 Å². The number of hydrogen-bond donors (Lipinski definition) is 0. The zero-order valence-electron chi connectivity index (χ0n) is 16.7. The van der Waals surface area contributed by atoms with Crippen molar-refractivity contribution in [2.75, 3.05) is 0 Å². The first-order valence-electron chi connectivity index (χ1n) is 9.46. The molecule has 0 amide bonds. The summed E-state index contributed by atoms with van der Waals surface area (Å²) in [6.45, 7) is 13.7. The molecule has 0 aliphatic rings. The third-order valence-corrected chi connectivity index (χ3v) is 5.15. The van der Waals surface area contributed by atoms with E-state index >= 15 is 0 Å². The molecule has 0 bridgehead atoms. The summed E-state index contributed by atoms with van der Waals surface area (Å²) < 4.78 is 4.82. The van der Waals surface area contributed by atoms with E-state index in [2.05, 4.69) is 100 Å². The fourth-order valence-electron chi connectivity index (χ4n) is 3.83. The highest BCUT2D eigenvalue weighted by atomic mass is 15.2. The molecule has 0 saturated carbocycles. The molecule has 0 unspecified atom stereocenters. The number of rotatable bonds is 4. The second-order valence-electron chi connectivity index (χ2n) is 8.02. The summed E-state index contributed by atoms with van der Waals surface area (Å²) in [5.74, 6) is 2.83. The summed E-state index contributed by atoms with van der Waals surface area (Å²) in [5.41, 5.74) is 6.73. The molecule has 1 heterocycles. The molecule has 0 aliphatic heterocycles. The number of para-hydroxylation sites is 2. The Labute approximate surface area is 152 Å². The van der Waals surface area contributed by atoms with Crippen molar-refractivity contribution < 1.29 is 4.57 Å². The van der Waals surface area contributed by atoms with E-state index in [0.29, 0.717) is 17.8 Å². The van der Waals surface area contributed by atoms with Gasteiger partial charge >= 0.3 is 0 Å². The molecule has 2 heteroatoms. The molecular formula is C23H31N2+. The SMILES string of the molecule is CC(C)c1ccc(-n2c(C(C)C)[n+](C)c3ccccc32)c(C(C)C)c1. The van der Waals surface area contributed by atoms with Crippen LogP contribution >= 0.6 is 0 Å². The van der Waals surface area contributed by atoms with Crippen LogP contribution in [0.2, 0.25) is 0 Å². The Morgan fingerprint density at radius 1 is 0.800 bits per heavy atom. The fourth-order valence-corrected chi connectivity index (χ4v) is 3.83. The van der Waals surface area contributed by atoms with Crippen LogP contribution in [0.5, 0.6) is 0 Å². The maximum absolute atomic E-state index is 2.47. The summed E-state index contributed by atoms with van der Waals surface area (Å²) in [4.78, 5) is 0. The van der Waals surface area contributed by atoms with Crippen LogP contribution in [0, 0.1) is 0 Å². The van der Waals surface area contributed by atoms with Crippen LogP contribution in [0.25, 0.3) is 16.7 Å². The predicted molar refractivity (Wildman–Crippen MR) is 107 cm³/mol. The van der Waals surface area contributed by atoms with Crippen molar-refractivity contribution in [3.63, 3.8) is 0 Å². The summed E-state index contributed by atoms with van der Waals surface area (Å²) in [6, 6.07) is 15.7. The molecule has 0 radical (unpaired) electrons. The number of imidazole rings is 1. The van der Waals surface area contributed by atoms with Crippen molar-refractivity contribution in [2.24, 2.45) is 7.05 Å². The Morgan fingerprint density at radius 3 is 2.08 bits per heavy atom. The van der Waals surface area contributed by atoms with E-state index in [4.69, 9.17) is 0 Å². The first-order valence-corrected chi connectivity index (χ1v) is 9.46. The molecule has 25 heavy (non-hydrogen) atoms. The number of aryl methyl sites for hydroxylation is 1. The summed E-state index contributed by atoms with van der Waals surface area (Å²) in [7, 11) is 2.19. The molecule has 0 spiro atoms. The van der Waals surface area contributed by atoms with Crippen molar-refractivity contribution in [2.45, 2.75) is 59.3 Å². The van der Waals surface area contributed by atoms with E-state index in [0.717, 1.165) is 0 Å². The van der Waals surface area contributed by atoms with Crippen molar-refractivity contribution in [1.29, 1.82) is 0 Å². The monoisotopic (exact) mass is 335 g/mol. The number of fused-ring (bicyclic) bond motifs is 1. The summed E-state index contributed by atoms with van der Waals surface area (Å²) in [6.07, 6.45) is 0. The normalized spacial score (nSPS) is 12.1. The first kappa shape index (κ1) is 17.7. The van der Waals surface area contributed by atoms with Crippen LogP contribution in [0.15, 0.2) is 42.5 Å². The quantitative estimate of drug-likeness (QED) is 0.531. The van der Waals surface area contributed by atoms with Gasteiger partial charge in [-0.25, -0.2) is 4.57 Å². The van der Waals surface area contributed by atoms with Gasteiger partial charge in [-0.2, -0.15) is 4.57 Å². The molecule has 2 aromatic carbocycles. The fraction of sp³-hybridized carbons (Fsp3) is 0.435. The minimum atomic E-state index is 0.446. The van der Waals surface area contributed by atoms with E-state index < -0.39 is 0 Å². The second kappa shape index (κ2) is 6.67. The Hall–Kier alpha value is -2.09. The van der Waals surface area contributed by atoms with E-state index in [1.165, 1.54) is 33.7 Å². The van der Waals surface area contributed by atoms with Gasteiger partial charge in [-0.15, -0.1) is 0 Å². The molecule has 132 valence electrons. The summed E-state index contributed by atoms with van der Waals surface area (Å²) in [5, 5.41) is 0. The predicted octanol–water partition coefficient (Wildman–Crippen LogP) is 5.83. The average Bonchev–Trinajstić information content (AvgIpc) is 2.87. The number of nitrogens with zero attached hydrogens (tertiary/aromatic N) is 2. The average molecular weight is 336 g/mol. The van der Waals surface area contributed by atoms with Gasteiger partial charge in [-0.3, -0.25) is 0 Å². The molecule has 1 aromatic heterocycles. The zero-order valence-corrected chi connectivity index (χ0v) is 16.7. The lowest BCUT2D eigenvalue weighted by Crippen LogP contribution is -2.33. The molecule has 0 atom stereocenters. The van der Waals surface area contributed by atoms with Crippen molar-refractivity contribution >= 4 is 11.0 Å². The van der Waals surface area contributed by atoms with E-state index in [1.807, 2.05) is 0 Å². The van der Waals surface area contributed by atoms with Gasteiger partial charge < -0.3 is 0 Å². The van der Waals surface area contributed by atoms with Gasteiger partial charge in [0.15, 0.2) is 11.0 Å². The molecule has 3 aromatic rings. The molecular weight excluding hydrogens is 304 g/mol. The topological polar surface area (TPSA) is 8.81 Å². The highest BCUT2D eigenvalue weighted by Gasteiger charge is 2.28. The number of aromatic nitrogens is 2. The van der Waals surface area contributed by atoms with Crippen molar-refractivity contribution in [1.82, 2.24) is 4.57 Å². The zero-order chi connectivity index (χ0) is 18.3.